The van der Waals surface area contributed by atoms with Crippen LogP contribution in [0.5, 0.6) is 5.75 Å². The van der Waals surface area contributed by atoms with E-state index in [1.165, 1.54) is 38.5 Å². The smallest absolute Gasteiger partial charge is 0.413 e. The van der Waals surface area contributed by atoms with Crippen molar-refractivity contribution >= 4 is 57.7 Å². The number of carbonyl (C=O) groups excluding carboxylic acids is 4. The number of benzene rings is 3. The minimum atomic E-state index is -1.11. The number of fused-ring (bicyclic) bond motifs is 3. The second-order valence-electron chi connectivity index (χ2n) is 15.7. The topological polar surface area (TPSA) is 207 Å². The molecule has 0 aliphatic carbocycles. The molecule has 3 heterocycles. The number of aromatic carboxylic acids is 1. The number of carbonyl (C=O) groups is 5. The van der Waals surface area contributed by atoms with Gasteiger partial charge in [-0.25, -0.2) is 19.6 Å². The van der Waals surface area contributed by atoms with Crippen LogP contribution in [0.4, 0.5) is 10.6 Å². The SMILES string of the molecule is CCCCc1nc2c(NC(=O)OCc3ccc(O[C@@H]4C[C@@H](OC(C)=O)[C@H](OC(C)=O)[C@@H](COC(C)=O)O4)c(C)c3)nc3cc(C(=O)O)ccc3c2n1Cc1ccc(CN(C)C)cc1. The van der Waals surface area contributed by atoms with E-state index in [0.717, 1.165) is 30.8 Å². The van der Waals surface area contributed by atoms with Gasteiger partial charge in [0.25, 0.3) is 0 Å². The van der Waals surface area contributed by atoms with Gasteiger partial charge in [0.1, 0.15) is 42.5 Å². The molecule has 0 unspecified atom stereocenters. The Morgan fingerprint density at radius 3 is 2.25 bits per heavy atom. The van der Waals surface area contributed by atoms with E-state index in [4.69, 9.17) is 38.4 Å². The van der Waals surface area contributed by atoms with Gasteiger partial charge in [-0.05, 0) is 80.0 Å². The van der Waals surface area contributed by atoms with Crippen molar-refractivity contribution in [1.29, 1.82) is 0 Å². The van der Waals surface area contributed by atoms with Gasteiger partial charge in [-0.2, -0.15) is 0 Å². The van der Waals surface area contributed by atoms with Crippen LogP contribution in [-0.2, 0) is 64.2 Å². The number of nitrogens with zero attached hydrogens (tertiary/aromatic N) is 4. The Balaban J connectivity index is 1.22. The first-order valence-corrected chi connectivity index (χ1v) is 20.7. The summed E-state index contributed by atoms with van der Waals surface area (Å²) in [6.07, 6.45) is -2.27. The molecule has 5 aromatic rings. The van der Waals surface area contributed by atoms with Crippen LogP contribution in [0.25, 0.3) is 21.9 Å². The zero-order valence-electron chi connectivity index (χ0n) is 36.5. The molecule has 1 fully saturated rings. The third-order valence-corrected chi connectivity index (χ3v) is 10.3. The van der Waals surface area contributed by atoms with Crippen LogP contribution < -0.4 is 10.1 Å². The van der Waals surface area contributed by atoms with Gasteiger partial charge in [0, 0.05) is 45.7 Å². The lowest BCUT2D eigenvalue weighted by Gasteiger charge is -2.40. The molecule has 1 saturated heterocycles. The molecule has 4 atom stereocenters. The van der Waals surface area contributed by atoms with Gasteiger partial charge in [-0.1, -0.05) is 43.7 Å². The largest absolute Gasteiger partial charge is 0.478 e. The molecule has 334 valence electrons. The Bertz CT molecular complexity index is 2480. The van der Waals surface area contributed by atoms with E-state index < -0.39 is 54.6 Å². The number of unbranched alkanes of at least 4 members (excludes halogenated alkanes) is 1. The number of aromatic nitrogens is 3. The average molecular weight is 868 g/mol. The lowest BCUT2D eigenvalue weighted by Crippen LogP contribution is -2.54. The molecule has 0 radical (unpaired) electrons. The Morgan fingerprint density at radius 1 is 0.889 bits per heavy atom. The summed E-state index contributed by atoms with van der Waals surface area (Å²) in [6.45, 7) is 8.44. The lowest BCUT2D eigenvalue weighted by molar-refractivity contribution is -0.245. The summed E-state index contributed by atoms with van der Waals surface area (Å²) in [5.41, 5.74) is 5.10. The van der Waals surface area contributed by atoms with Crippen LogP contribution >= 0.6 is 0 Å². The molecule has 6 rings (SSSR count). The quantitative estimate of drug-likeness (QED) is 0.0736. The highest BCUT2D eigenvalue weighted by molar-refractivity contribution is 6.10. The van der Waals surface area contributed by atoms with Crippen LogP contribution in [0, 0.1) is 6.92 Å². The molecule has 2 N–H and O–H groups in total. The van der Waals surface area contributed by atoms with Crippen LogP contribution in [0.15, 0.2) is 60.7 Å². The molecule has 0 bridgehead atoms. The number of ether oxygens (including phenoxy) is 6. The number of pyridine rings is 1. The lowest BCUT2D eigenvalue weighted by atomic mass is 10.0. The molecule has 1 aliphatic rings. The van der Waals surface area contributed by atoms with Gasteiger partial charge in [0.15, 0.2) is 11.9 Å². The number of aryl methyl sites for hydroxylation is 2. The fourth-order valence-corrected chi connectivity index (χ4v) is 7.48. The predicted octanol–water partition coefficient (Wildman–Crippen LogP) is 6.71. The maximum Gasteiger partial charge on any atom is 0.413 e. The maximum absolute atomic E-state index is 13.5. The van der Waals surface area contributed by atoms with Gasteiger partial charge in [0.2, 0.25) is 6.29 Å². The maximum atomic E-state index is 13.5. The summed E-state index contributed by atoms with van der Waals surface area (Å²) in [5.74, 6) is -1.58. The van der Waals surface area contributed by atoms with Crippen LogP contribution in [-0.4, -0.2) is 99.8 Å². The number of imidazole rings is 1. The third kappa shape index (κ3) is 11.9. The van der Waals surface area contributed by atoms with E-state index in [1.807, 2.05) is 14.1 Å². The number of rotatable bonds is 17. The molecule has 17 nitrogen and oxygen atoms in total. The number of nitrogens with one attached hydrogen (secondary N) is 1. The zero-order valence-corrected chi connectivity index (χ0v) is 36.5. The average Bonchev–Trinajstić information content (AvgIpc) is 3.58. The van der Waals surface area contributed by atoms with E-state index in [2.05, 4.69) is 46.0 Å². The van der Waals surface area contributed by atoms with Crippen LogP contribution in [0.3, 0.4) is 0 Å². The number of hydrogen-bond donors (Lipinski definition) is 2. The molecule has 0 spiro atoms. The first kappa shape index (κ1) is 45.9. The minimum absolute atomic E-state index is 0.00868. The summed E-state index contributed by atoms with van der Waals surface area (Å²) in [6, 6.07) is 18.3. The summed E-state index contributed by atoms with van der Waals surface area (Å²) in [4.78, 5) is 72.8. The number of carboxylic acid groups (broad SMARTS) is 1. The van der Waals surface area contributed by atoms with Gasteiger partial charge >= 0.3 is 30.0 Å². The first-order valence-electron chi connectivity index (χ1n) is 20.7. The Labute approximate surface area is 364 Å². The molecular weight excluding hydrogens is 815 g/mol. The van der Waals surface area contributed by atoms with Gasteiger partial charge < -0.3 is 43.0 Å². The second-order valence-corrected chi connectivity index (χ2v) is 15.7. The molecule has 3 aromatic carbocycles. The normalized spacial score (nSPS) is 17.3. The molecule has 1 aliphatic heterocycles. The van der Waals surface area contributed by atoms with Crippen molar-refractivity contribution in [3.05, 3.63) is 94.3 Å². The van der Waals surface area contributed by atoms with Crippen molar-refractivity contribution in [2.24, 2.45) is 0 Å². The molecule has 1 amide bonds. The zero-order chi connectivity index (χ0) is 45.4. The Kier molecular flexibility index (Phi) is 15.0. The number of carboxylic acids is 1. The van der Waals surface area contributed by atoms with Crippen molar-refractivity contribution < 1.29 is 57.5 Å². The predicted molar refractivity (Wildman–Crippen MR) is 230 cm³/mol. The summed E-state index contributed by atoms with van der Waals surface area (Å²) in [5, 5.41) is 13.3. The first-order chi connectivity index (χ1) is 30.1. The fourth-order valence-electron chi connectivity index (χ4n) is 7.48. The standard InChI is InChI=1S/C46H53N5O12/c1-8-9-10-39-48-41-42(51(39)23-31-13-11-30(12-14-31)22-50(6)7)34-17-16-33(45(55)56)20-35(34)47-44(41)49-46(57)59-24-32-15-18-36(26(2)19-32)62-40-21-37(60-28(4)53)43(61-29(5)54)38(63-40)25-58-27(3)52/h11-20,37-38,40,43H,8-10,21-25H2,1-7H3,(H,55,56)(H,47,49,57)/t37-,38-,40+,43+/m1/s1. The van der Waals surface area contributed by atoms with Crippen molar-refractivity contribution in [2.75, 3.05) is 26.0 Å². The number of anilines is 1. The number of esters is 3. The van der Waals surface area contributed by atoms with E-state index in [9.17, 15) is 29.1 Å². The van der Waals surface area contributed by atoms with Crippen LogP contribution in [0.1, 0.15) is 85.4 Å². The van der Waals surface area contributed by atoms with Gasteiger partial charge in [0.05, 0.1) is 23.0 Å². The molecule has 63 heavy (non-hydrogen) atoms. The highest BCUT2D eigenvalue weighted by atomic mass is 16.7. The summed E-state index contributed by atoms with van der Waals surface area (Å²) < 4.78 is 36.0. The van der Waals surface area contributed by atoms with Gasteiger partial charge in [-0.3, -0.25) is 19.7 Å². The van der Waals surface area contributed by atoms with Crippen molar-refractivity contribution in [1.82, 2.24) is 19.4 Å². The van der Waals surface area contributed by atoms with E-state index in [0.29, 0.717) is 51.8 Å². The van der Waals surface area contributed by atoms with Crippen molar-refractivity contribution in [2.45, 2.75) is 105 Å². The fraction of sp³-hybridized carbons (Fsp3) is 0.413. The third-order valence-electron chi connectivity index (χ3n) is 10.3. The monoisotopic (exact) mass is 867 g/mol. The van der Waals surface area contributed by atoms with E-state index >= 15 is 0 Å². The molecule has 2 aromatic heterocycles. The molecule has 17 heteroatoms. The van der Waals surface area contributed by atoms with Gasteiger partial charge in [-0.15, -0.1) is 0 Å². The number of hydrogen-bond acceptors (Lipinski definition) is 14. The Hall–Kier alpha value is -6.59. The molecule has 0 saturated carbocycles. The second kappa shape index (κ2) is 20.5. The minimum Gasteiger partial charge on any atom is -0.478 e. The summed E-state index contributed by atoms with van der Waals surface area (Å²) >= 11 is 0. The highest BCUT2D eigenvalue weighted by Gasteiger charge is 2.44. The van der Waals surface area contributed by atoms with Crippen LogP contribution in [0.2, 0.25) is 0 Å². The Morgan fingerprint density at radius 2 is 1.60 bits per heavy atom. The summed E-state index contributed by atoms with van der Waals surface area (Å²) in [7, 11) is 4.04. The number of amides is 1. The van der Waals surface area contributed by atoms with E-state index in [-0.39, 0.29) is 31.0 Å². The van der Waals surface area contributed by atoms with Crippen molar-refractivity contribution in [3.63, 3.8) is 0 Å². The van der Waals surface area contributed by atoms with E-state index in [1.54, 1.807) is 31.2 Å². The van der Waals surface area contributed by atoms with Crippen molar-refractivity contribution in [3.8, 4) is 5.75 Å². The highest BCUT2D eigenvalue weighted by Crippen LogP contribution is 2.33. The molecular formula is C46H53N5O12.